The Morgan fingerprint density at radius 3 is 2.10 bits per heavy atom. The summed E-state index contributed by atoms with van der Waals surface area (Å²) in [5.41, 5.74) is 6.04. The highest BCUT2D eigenvalue weighted by Crippen LogP contribution is 2.34. The van der Waals surface area contributed by atoms with Crippen molar-refractivity contribution in [1.82, 2.24) is 0 Å². The number of carbonyl (C=O) groups is 1. The van der Waals surface area contributed by atoms with E-state index in [0.717, 1.165) is 38.7 Å². The van der Waals surface area contributed by atoms with Crippen LogP contribution in [0.25, 0.3) is 5.70 Å². The van der Waals surface area contributed by atoms with Crippen molar-refractivity contribution < 1.29 is 22.7 Å². The average Bonchev–Trinajstić information content (AvgIpc) is 2.76. The number of nitrogens with one attached hydrogen (secondary N) is 1. The minimum atomic E-state index is -4.68. The third-order valence-electron chi connectivity index (χ3n) is 4.70. The van der Waals surface area contributed by atoms with Crippen molar-refractivity contribution in [3.05, 3.63) is 100 Å². The molecule has 0 bridgehead atoms. The van der Waals surface area contributed by atoms with Crippen molar-refractivity contribution in [3.8, 4) is 5.75 Å². The first-order chi connectivity index (χ1) is 14.9. The maximum atomic E-state index is 12.2. The van der Waals surface area contributed by atoms with Gasteiger partial charge >= 0.3 is 6.36 Å². The maximum Gasteiger partial charge on any atom is 0.573 e. The number of hydrogen-bond acceptors (Lipinski definition) is 3. The van der Waals surface area contributed by atoms with E-state index in [0.29, 0.717) is 12.8 Å². The third kappa shape index (κ3) is 5.89. The summed E-state index contributed by atoms with van der Waals surface area (Å²) in [6, 6.07) is 21.9. The summed E-state index contributed by atoms with van der Waals surface area (Å²) in [6.45, 7) is 2.00. The number of hydrogen-bond donors (Lipinski definition) is 1. The van der Waals surface area contributed by atoms with Crippen molar-refractivity contribution in [2.75, 3.05) is 5.32 Å². The molecule has 0 amide bonds. The highest BCUT2D eigenvalue weighted by Gasteiger charge is 2.30. The molecule has 0 aliphatic carbocycles. The molecule has 1 N–H and O–H groups in total. The Morgan fingerprint density at radius 2 is 1.48 bits per heavy atom. The van der Waals surface area contributed by atoms with Crippen molar-refractivity contribution in [3.63, 3.8) is 0 Å². The zero-order valence-electron chi connectivity index (χ0n) is 16.4. The first kappa shape index (κ1) is 22.4. The Labute approximate surface area is 183 Å². The molecule has 7 heteroatoms. The van der Waals surface area contributed by atoms with Gasteiger partial charge in [-0.2, -0.15) is 0 Å². The zero-order chi connectivity index (χ0) is 22.4. The van der Waals surface area contributed by atoms with E-state index >= 15 is 0 Å². The van der Waals surface area contributed by atoms with Crippen LogP contribution in [0.15, 0.2) is 77.8 Å². The highest BCUT2D eigenvalue weighted by molar-refractivity contribution is 6.33. The summed E-state index contributed by atoms with van der Waals surface area (Å²) in [4.78, 5) is 8.00. The van der Waals surface area contributed by atoms with Crippen LogP contribution in [0.4, 0.5) is 18.9 Å². The third-order valence-corrected chi connectivity index (χ3v) is 5.02. The van der Waals surface area contributed by atoms with E-state index in [2.05, 4.69) is 16.1 Å². The van der Waals surface area contributed by atoms with Crippen LogP contribution in [0.5, 0.6) is 5.75 Å². The van der Waals surface area contributed by atoms with Crippen molar-refractivity contribution in [2.45, 2.75) is 19.2 Å². The fraction of sp³-hybridized carbons (Fsp3) is 0.125. The first-order valence-electron chi connectivity index (χ1n) is 9.34. The van der Waals surface area contributed by atoms with Crippen molar-refractivity contribution >= 4 is 29.8 Å². The van der Waals surface area contributed by atoms with E-state index in [1.165, 1.54) is 12.1 Å². The van der Waals surface area contributed by atoms with Crippen LogP contribution in [-0.2, 0) is 17.6 Å². The smallest absolute Gasteiger partial charge is 0.406 e. The van der Waals surface area contributed by atoms with Gasteiger partial charge in [-0.1, -0.05) is 66.2 Å². The fourth-order valence-electron chi connectivity index (χ4n) is 3.32. The molecule has 0 atom stereocenters. The second-order valence-corrected chi connectivity index (χ2v) is 7.26. The minimum absolute atomic E-state index is 0.221. The largest absolute Gasteiger partial charge is 0.573 e. The van der Waals surface area contributed by atoms with Gasteiger partial charge in [0.2, 0.25) is 0 Å². The van der Waals surface area contributed by atoms with Crippen LogP contribution < -0.4 is 10.1 Å². The lowest BCUT2D eigenvalue weighted by atomic mass is 9.99. The van der Waals surface area contributed by atoms with E-state index in [4.69, 9.17) is 16.4 Å². The number of rotatable bonds is 4. The summed E-state index contributed by atoms with van der Waals surface area (Å²) in [7, 11) is 0. The minimum Gasteiger partial charge on any atom is -0.406 e. The summed E-state index contributed by atoms with van der Waals surface area (Å²) in [6.07, 6.45) is -3.38. The van der Waals surface area contributed by atoms with Gasteiger partial charge in [-0.3, -0.25) is 0 Å². The quantitative estimate of drug-likeness (QED) is 0.493. The fourth-order valence-corrected chi connectivity index (χ4v) is 3.62. The van der Waals surface area contributed by atoms with E-state index in [-0.39, 0.29) is 5.75 Å². The molecule has 0 fully saturated rings. The second-order valence-electron chi connectivity index (χ2n) is 6.80. The number of anilines is 1. The molecule has 0 saturated carbocycles. The van der Waals surface area contributed by atoms with Gasteiger partial charge in [0.15, 0.2) is 0 Å². The number of para-hydroxylation sites is 1. The molecular weight excluding hydrogens is 427 g/mol. The Kier molecular flexibility index (Phi) is 7.02. The normalized spacial score (nSPS) is 12.9. The molecule has 160 valence electrons. The Bertz CT molecular complexity index is 1060. The first-order valence-corrected chi connectivity index (χ1v) is 9.72. The van der Waals surface area contributed by atoms with Gasteiger partial charge in [0.1, 0.15) is 12.5 Å². The van der Waals surface area contributed by atoms with Crippen LogP contribution in [0, 0.1) is 0 Å². The van der Waals surface area contributed by atoms with Gasteiger partial charge < -0.3 is 14.8 Å². The number of benzene rings is 3. The number of alkyl halides is 3. The van der Waals surface area contributed by atoms with Crippen LogP contribution >= 0.6 is 11.6 Å². The van der Waals surface area contributed by atoms with Gasteiger partial charge in [-0.25, -0.2) is 0 Å². The monoisotopic (exact) mass is 445 g/mol. The predicted molar refractivity (Wildman–Crippen MR) is 116 cm³/mol. The number of allylic oxidation sites excluding steroid dienone is 1. The molecule has 1 aliphatic heterocycles. The molecular formula is C24H19ClF3NO2. The maximum absolute atomic E-state index is 12.2. The van der Waals surface area contributed by atoms with Gasteiger partial charge in [0.05, 0.1) is 5.70 Å². The van der Waals surface area contributed by atoms with E-state index in [1.54, 1.807) is 12.1 Å². The molecule has 3 aromatic rings. The highest BCUT2D eigenvalue weighted by atomic mass is 35.5. The molecule has 0 spiro atoms. The van der Waals surface area contributed by atoms with E-state index < -0.39 is 6.36 Å². The van der Waals surface area contributed by atoms with Crippen molar-refractivity contribution in [1.29, 1.82) is 0 Å². The molecule has 0 radical (unpaired) electrons. The Hall–Kier alpha value is -3.25. The molecule has 0 aromatic heterocycles. The zero-order valence-corrected chi connectivity index (χ0v) is 17.1. The number of fused-ring (bicyclic) bond motifs is 1. The lowest BCUT2D eigenvalue weighted by molar-refractivity contribution is -0.274. The topological polar surface area (TPSA) is 38.3 Å². The second kappa shape index (κ2) is 9.71. The van der Waals surface area contributed by atoms with E-state index in [1.807, 2.05) is 49.3 Å². The molecule has 1 aliphatic rings. The Balaban J connectivity index is 0.00000132. The SMILES string of the molecule is C=O.FC(F)(F)Oc1ccc(Cc2ccc(C3=C(Cl)Cc4ccccc4N3)cc2)cc1. The van der Waals surface area contributed by atoms with Crippen LogP contribution in [-0.4, -0.2) is 13.2 Å². The summed E-state index contributed by atoms with van der Waals surface area (Å²) in [5, 5.41) is 4.16. The lowest BCUT2D eigenvalue weighted by Gasteiger charge is -2.22. The number of carbonyl (C=O) groups excluding carboxylic acids is 1. The molecule has 1 heterocycles. The lowest BCUT2D eigenvalue weighted by Crippen LogP contribution is -2.17. The molecule has 0 unspecified atom stereocenters. The van der Waals surface area contributed by atoms with Crippen LogP contribution in [0.1, 0.15) is 22.3 Å². The predicted octanol–water partition coefficient (Wildman–Crippen LogP) is 6.57. The van der Waals surface area contributed by atoms with Crippen molar-refractivity contribution in [2.24, 2.45) is 0 Å². The van der Waals surface area contributed by atoms with Crippen LogP contribution in [0.3, 0.4) is 0 Å². The summed E-state index contributed by atoms with van der Waals surface area (Å²) in [5.74, 6) is -0.221. The summed E-state index contributed by atoms with van der Waals surface area (Å²) < 4.78 is 40.6. The molecule has 3 nitrogen and oxygen atoms in total. The Morgan fingerprint density at radius 1 is 0.903 bits per heavy atom. The van der Waals surface area contributed by atoms with Gasteiger partial charge in [-0.05, 0) is 46.9 Å². The number of halogens is 4. The average molecular weight is 446 g/mol. The van der Waals surface area contributed by atoms with E-state index in [9.17, 15) is 13.2 Å². The molecule has 31 heavy (non-hydrogen) atoms. The van der Waals surface area contributed by atoms with Gasteiger partial charge in [0, 0.05) is 17.1 Å². The van der Waals surface area contributed by atoms with Gasteiger partial charge in [0.25, 0.3) is 0 Å². The summed E-state index contributed by atoms with van der Waals surface area (Å²) >= 11 is 6.50. The standard InChI is InChI=1S/C23H17ClF3NO.CH2O/c24-20-14-18-3-1-2-4-21(18)28-22(20)17-9-5-15(6-10-17)13-16-7-11-19(12-8-16)29-23(25,26)27;1-2/h1-12,28H,13-14H2;1H2. The number of ether oxygens (including phenoxy) is 1. The molecule has 4 rings (SSSR count). The molecule has 0 saturated heterocycles. The van der Waals surface area contributed by atoms with Crippen LogP contribution in [0.2, 0.25) is 0 Å². The van der Waals surface area contributed by atoms with Gasteiger partial charge in [-0.15, -0.1) is 13.2 Å². The molecule has 3 aromatic carbocycles.